The number of hydrogen-bond acceptors (Lipinski definition) is 1. The van der Waals surface area contributed by atoms with Gasteiger partial charge in [0.2, 0.25) is 0 Å². The molecule has 0 atom stereocenters. The van der Waals surface area contributed by atoms with Gasteiger partial charge < -0.3 is 4.57 Å². The first-order valence-electron chi connectivity index (χ1n) is 3.01. The minimum atomic E-state index is 0.670. The number of aromatic nitrogens is 1. The third kappa shape index (κ3) is 1.37. The van der Waals surface area contributed by atoms with Crippen LogP contribution in [0, 0.1) is 12.3 Å². The lowest BCUT2D eigenvalue weighted by molar-refractivity contribution is 0.769. The maximum atomic E-state index is 5.16. The van der Waals surface area contributed by atoms with Gasteiger partial charge in [0.15, 0.2) is 0 Å². The van der Waals surface area contributed by atoms with Gasteiger partial charge in [-0.3, -0.25) is 0 Å². The van der Waals surface area contributed by atoms with Crippen LogP contribution in [0.2, 0.25) is 0 Å². The van der Waals surface area contributed by atoms with Crippen LogP contribution < -0.4 is 0 Å². The van der Waals surface area contributed by atoms with Crippen LogP contribution in [0.3, 0.4) is 0 Å². The van der Waals surface area contributed by atoms with Gasteiger partial charge in [0.1, 0.15) is 0 Å². The molecule has 0 bridgehead atoms. The highest BCUT2D eigenvalue weighted by molar-refractivity contribution is 7.98. The first-order chi connectivity index (χ1) is 4.88. The molecule has 0 aliphatic rings. The summed E-state index contributed by atoms with van der Waals surface area (Å²) in [4.78, 5) is 0. The van der Waals surface area contributed by atoms with Crippen molar-refractivity contribution in [2.45, 2.75) is 11.6 Å². The van der Waals surface area contributed by atoms with Gasteiger partial charge >= 0.3 is 0 Å². The topological polar surface area (TPSA) is 4.93 Å². The second kappa shape index (κ2) is 3.38. The fourth-order valence-electron chi connectivity index (χ4n) is 0.813. The van der Waals surface area contributed by atoms with Gasteiger partial charge in [-0.1, -0.05) is 5.92 Å². The molecule has 0 spiro atoms. The molecular weight excluding hydrogens is 142 g/mol. The van der Waals surface area contributed by atoms with Crippen molar-refractivity contribution in [1.29, 1.82) is 0 Å². The number of rotatable bonds is 2. The molecule has 0 saturated carbocycles. The molecule has 0 radical (unpaired) electrons. The van der Waals surface area contributed by atoms with Crippen LogP contribution in [0.5, 0.6) is 0 Å². The van der Waals surface area contributed by atoms with Gasteiger partial charge in [0, 0.05) is 6.20 Å². The lowest BCUT2D eigenvalue weighted by Crippen LogP contribution is -1.93. The molecule has 1 aromatic rings. The summed E-state index contributed by atoms with van der Waals surface area (Å²) in [6, 6.07) is 4.06. The Balaban J connectivity index is 2.82. The van der Waals surface area contributed by atoms with E-state index in [1.54, 1.807) is 11.8 Å². The summed E-state index contributed by atoms with van der Waals surface area (Å²) < 4.78 is 2.05. The standard InChI is InChI=1S/C8H9NS/c1-3-6-9-7-4-5-8(9)10-2/h1,4-5,7H,6H2,2H3. The average Bonchev–Trinajstić information content (AvgIpc) is 2.36. The minimum absolute atomic E-state index is 0.670. The zero-order chi connectivity index (χ0) is 7.40. The number of hydrogen-bond donors (Lipinski definition) is 0. The first kappa shape index (κ1) is 7.30. The number of nitrogens with zero attached hydrogens (tertiary/aromatic N) is 1. The van der Waals surface area contributed by atoms with Gasteiger partial charge in [0.05, 0.1) is 11.6 Å². The van der Waals surface area contributed by atoms with Crippen molar-refractivity contribution in [3.05, 3.63) is 18.3 Å². The Hall–Kier alpha value is -0.810. The SMILES string of the molecule is C#CCn1cccc1SC. The highest BCUT2D eigenvalue weighted by Gasteiger charge is 1.94. The average molecular weight is 151 g/mol. The van der Waals surface area contributed by atoms with E-state index in [9.17, 15) is 0 Å². The van der Waals surface area contributed by atoms with Crippen molar-refractivity contribution in [1.82, 2.24) is 4.57 Å². The zero-order valence-corrected chi connectivity index (χ0v) is 6.69. The molecule has 1 rings (SSSR count). The molecule has 0 unspecified atom stereocenters. The summed E-state index contributed by atoms with van der Waals surface area (Å²) in [6.45, 7) is 0.670. The van der Waals surface area contributed by atoms with E-state index in [0.29, 0.717) is 6.54 Å². The van der Waals surface area contributed by atoms with Gasteiger partial charge in [0.25, 0.3) is 0 Å². The lowest BCUT2D eigenvalue weighted by Gasteiger charge is -1.99. The Morgan fingerprint density at radius 2 is 2.60 bits per heavy atom. The molecule has 0 aromatic carbocycles. The second-order valence-corrected chi connectivity index (χ2v) is 2.71. The van der Waals surface area contributed by atoms with Crippen molar-refractivity contribution in [2.24, 2.45) is 0 Å². The number of thioether (sulfide) groups is 1. The maximum absolute atomic E-state index is 5.16. The molecule has 52 valence electrons. The summed E-state index contributed by atoms with van der Waals surface area (Å²) in [5.74, 6) is 2.59. The van der Waals surface area contributed by atoms with Crippen molar-refractivity contribution in [3.63, 3.8) is 0 Å². The Labute approximate surface area is 65.4 Å². The van der Waals surface area contributed by atoms with E-state index < -0.39 is 0 Å². The third-order valence-electron chi connectivity index (χ3n) is 1.26. The molecule has 0 amide bonds. The summed E-state index contributed by atoms with van der Waals surface area (Å²) in [7, 11) is 0. The van der Waals surface area contributed by atoms with Crippen LogP contribution in [0.15, 0.2) is 23.4 Å². The Bertz CT molecular complexity index is 244. The monoisotopic (exact) mass is 151 g/mol. The molecule has 1 heterocycles. The minimum Gasteiger partial charge on any atom is -0.331 e. The maximum Gasteiger partial charge on any atom is 0.0839 e. The fraction of sp³-hybridized carbons (Fsp3) is 0.250. The van der Waals surface area contributed by atoms with E-state index in [0.717, 1.165) is 0 Å². The Kier molecular flexibility index (Phi) is 2.47. The van der Waals surface area contributed by atoms with E-state index in [4.69, 9.17) is 6.42 Å². The van der Waals surface area contributed by atoms with Gasteiger partial charge in [-0.15, -0.1) is 18.2 Å². The van der Waals surface area contributed by atoms with E-state index in [-0.39, 0.29) is 0 Å². The largest absolute Gasteiger partial charge is 0.331 e. The summed E-state index contributed by atoms with van der Waals surface area (Å²) >= 11 is 1.71. The highest BCUT2D eigenvalue weighted by atomic mass is 32.2. The van der Waals surface area contributed by atoms with Gasteiger partial charge in [-0.2, -0.15) is 0 Å². The molecule has 0 N–H and O–H groups in total. The second-order valence-electron chi connectivity index (χ2n) is 1.88. The van der Waals surface area contributed by atoms with Crippen LogP contribution >= 0.6 is 11.8 Å². The lowest BCUT2D eigenvalue weighted by atomic mass is 10.6. The van der Waals surface area contributed by atoms with E-state index in [1.165, 1.54) is 5.03 Å². The van der Waals surface area contributed by atoms with Crippen LogP contribution in [-0.2, 0) is 6.54 Å². The Morgan fingerprint density at radius 1 is 1.80 bits per heavy atom. The summed E-state index contributed by atoms with van der Waals surface area (Å²) in [5, 5.41) is 1.22. The molecular formula is C8H9NS. The van der Waals surface area contributed by atoms with Crippen LogP contribution in [0.4, 0.5) is 0 Å². The normalized spacial score (nSPS) is 9.20. The molecule has 0 aliphatic heterocycles. The molecule has 1 nitrogen and oxygen atoms in total. The summed E-state index contributed by atoms with van der Waals surface area (Å²) in [6.07, 6.45) is 9.20. The van der Waals surface area contributed by atoms with E-state index in [2.05, 4.69) is 12.0 Å². The first-order valence-corrected chi connectivity index (χ1v) is 4.23. The predicted molar refractivity (Wildman–Crippen MR) is 45.0 cm³/mol. The van der Waals surface area contributed by atoms with Gasteiger partial charge in [-0.05, 0) is 18.4 Å². The van der Waals surface area contributed by atoms with E-state index in [1.807, 2.05) is 23.1 Å². The van der Waals surface area contributed by atoms with Crippen molar-refractivity contribution < 1.29 is 0 Å². The molecule has 0 aliphatic carbocycles. The molecule has 1 aromatic heterocycles. The highest BCUT2D eigenvalue weighted by Crippen LogP contribution is 2.14. The molecule has 0 saturated heterocycles. The van der Waals surface area contributed by atoms with Crippen molar-refractivity contribution >= 4 is 11.8 Å². The number of terminal acetylenes is 1. The van der Waals surface area contributed by atoms with Crippen LogP contribution in [0.25, 0.3) is 0 Å². The molecule has 2 heteroatoms. The van der Waals surface area contributed by atoms with Crippen LogP contribution in [-0.4, -0.2) is 10.8 Å². The third-order valence-corrected chi connectivity index (χ3v) is 2.05. The van der Waals surface area contributed by atoms with Crippen LogP contribution in [0.1, 0.15) is 0 Å². The van der Waals surface area contributed by atoms with Crippen molar-refractivity contribution in [2.75, 3.05) is 6.26 Å². The predicted octanol–water partition coefficient (Wildman–Crippen LogP) is 1.84. The fourth-order valence-corrected chi connectivity index (χ4v) is 1.39. The summed E-state index contributed by atoms with van der Waals surface area (Å²) in [5.41, 5.74) is 0. The molecule has 10 heavy (non-hydrogen) atoms. The van der Waals surface area contributed by atoms with Gasteiger partial charge in [-0.25, -0.2) is 0 Å². The quantitative estimate of drug-likeness (QED) is 0.461. The molecule has 0 fully saturated rings. The smallest absolute Gasteiger partial charge is 0.0839 e. The zero-order valence-electron chi connectivity index (χ0n) is 5.87. The van der Waals surface area contributed by atoms with E-state index >= 15 is 0 Å². The Morgan fingerprint density at radius 3 is 3.20 bits per heavy atom. The van der Waals surface area contributed by atoms with Crippen molar-refractivity contribution in [3.8, 4) is 12.3 Å².